The minimum Gasteiger partial charge on any atom is -0.384 e. The van der Waals surface area contributed by atoms with E-state index in [9.17, 15) is 8.42 Å². The number of aliphatic hydroxyl groups excluding tert-OH is 1. The van der Waals surface area contributed by atoms with E-state index in [0.717, 1.165) is 11.5 Å². The Morgan fingerprint density at radius 2 is 2.29 bits per heavy atom. The largest absolute Gasteiger partial charge is 0.384 e. The third-order valence-electron chi connectivity index (χ3n) is 3.14. The molecular weight excluding hydrogens is 330 g/mol. The lowest BCUT2D eigenvalue weighted by Crippen LogP contribution is -2.44. The second-order valence-electron chi connectivity index (χ2n) is 4.64. The minimum absolute atomic E-state index is 0.0429. The number of aliphatic hydroxyl groups is 1. The molecule has 0 aromatic heterocycles. The van der Waals surface area contributed by atoms with Crippen LogP contribution in [0.15, 0.2) is 23.1 Å². The summed E-state index contributed by atoms with van der Waals surface area (Å²) >= 11 is 7.87. The van der Waals surface area contributed by atoms with Gasteiger partial charge in [0.15, 0.2) is 0 Å². The molecule has 0 saturated carbocycles. The van der Waals surface area contributed by atoms with Gasteiger partial charge in [-0.05, 0) is 25.1 Å². The Morgan fingerprint density at radius 3 is 2.90 bits per heavy atom. The van der Waals surface area contributed by atoms with Gasteiger partial charge in [-0.1, -0.05) is 23.4 Å². The summed E-state index contributed by atoms with van der Waals surface area (Å²) in [6, 6.07) is 4.55. The van der Waals surface area contributed by atoms with Gasteiger partial charge in [-0.15, -0.1) is 0 Å². The molecule has 4 nitrogen and oxygen atoms in total. The van der Waals surface area contributed by atoms with Crippen LogP contribution in [0.5, 0.6) is 0 Å². The first-order valence-corrected chi connectivity index (χ1v) is 9.43. The lowest BCUT2D eigenvalue weighted by Gasteiger charge is -2.32. The van der Waals surface area contributed by atoms with Crippen molar-refractivity contribution in [1.29, 1.82) is 0 Å². The Kier molecular flexibility index (Phi) is 5.58. The first-order valence-electron chi connectivity index (χ1n) is 6.45. The molecule has 1 fully saturated rings. The number of nitrogens with zero attached hydrogens (tertiary/aromatic N) is 1. The predicted octanol–water partition coefficient (Wildman–Crippen LogP) is 1.81. The zero-order valence-corrected chi connectivity index (χ0v) is 13.9. The zero-order chi connectivity index (χ0) is 15.5. The molecule has 0 radical (unpaired) electrons. The highest BCUT2D eigenvalue weighted by molar-refractivity contribution is 7.99. The van der Waals surface area contributed by atoms with Gasteiger partial charge in [-0.3, -0.25) is 0 Å². The third kappa shape index (κ3) is 3.74. The molecule has 0 aliphatic carbocycles. The number of rotatable bonds is 2. The van der Waals surface area contributed by atoms with Crippen molar-refractivity contribution in [2.24, 2.45) is 0 Å². The van der Waals surface area contributed by atoms with Gasteiger partial charge in [0, 0.05) is 29.7 Å². The van der Waals surface area contributed by atoms with E-state index in [-0.39, 0.29) is 22.6 Å². The Bertz CT molecular complexity index is 679. The molecule has 1 aliphatic heterocycles. The predicted molar refractivity (Wildman–Crippen MR) is 86.1 cm³/mol. The van der Waals surface area contributed by atoms with Gasteiger partial charge in [-0.25, -0.2) is 8.42 Å². The smallest absolute Gasteiger partial charge is 0.244 e. The fourth-order valence-electron chi connectivity index (χ4n) is 2.12. The molecule has 1 aromatic rings. The van der Waals surface area contributed by atoms with E-state index in [0.29, 0.717) is 12.1 Å². The number of benzene rings is 1. The van der Waals surface area contributed by atoms with Crippen LogP contribution in [-0.4, -0.2) is 48.5 Å². The summed E-state index contributed by atoms with van der Waals surface area (Å²) in [6.07, 6.45) is 0. The van der Waals surface area contributed by atoms with Crippen LogP contribution in [-0.2, 0) is 10.0 Å². The fourth-order valence-corrected chi connectivity index (χ4v) is 5.50. The topological polar surface area (TPSA) is 57.6 Å². The summed E-state index contributed by atoms with van der Waals surface area (Å²) in [5.41, 5.74) is 0.579. The van der Waals surface area contributed by atoms with Gasteiger partial charge < -0.3 is 5.11 Å². The molecule has 0 amide bonds. The fraction of sp³-hybridized carbons (Fsp3) is 0.429. The van der Waals surface area contributed by atoms with Crippen molar-refractivity contribution in [2.75, 3.05) is 24.7 Å². The number of sulfonamides is 1. The maximum atomic E-state index is 12.7. The molecule has 21 heavy (non-hydrogen) atoms. The summed E-state index contributed by atoms with van der Waals surface area (Å²) in [5, 5.41) is 8.83. The molecule has 7 heteroatoms. The van der Waals surface area contributed by atoms with Crippen LogP contribution in [0, 0.1) is 11.8 Å². The van der Waals surface area contributed by atoms with E-state index in [4.69, 9.17) is 16.7 Å². The first-order chi connectivity index (χ1) is 9.96. The average molecular weight is 346 g/mol. The molecule has 1 aromatic carbocycles. The molecule has 1 saturated heterocycles. The lowest BCUT2D eigenvalue weighted by molar-refractivity contribution is 0.350. The highest BCUT2D eigenvalue weighted by Crippen LogP contribution is 2.29. The molecule has 0 spiro atoms. The summed E-state index contributed by atoms with van der Waals surface area (Å²) in [5.74, 6) is 6.79. The zero-order valence-electron chi connectivity index (χ0n) is 11.5. The van der Waals surface area contributed by atoms with E-state index >= 15 is 0 Å². The maximum absolute atomic E-state index is 12.7. The number of hydrogen-bond acceptors (Lipinski definition) is 4. The number of halogens is 1. The van der Waals surface area contributed by atoms with Gasteiger partial charge in [0.2, 0.25) is 10.0 Å². The monoisotopic (exact) mass is 345 g/mol. The van der Waals surface area contributed by atoms with Crippen molar-refractivity contribution in [3.05, 3.63) is 28.8 Å². The van der Waals surface area contributed by atoms with Crippen LogP contribution in [0.25, 0.3) is 0 Å². The van der Waals surface area contributed by atoms with Crippen LogP contribution in [0.3, 0.4) is 0 Å². The molecule has 2 rings (SSSR count). The molecule has 0 bridgehead atoms. The molecule has 1 unspecified atom stereocenters. The maximum Gasteiger partial charge on any atom is 0.244 e. The van der Waals surface area contributed by atoms with Crippen LogP contribution < -0.4 is 0 Å². The molecule has 114 valence electrons. The molecular formula is C14H16ClNO3S2. The highest BCUT2D eigenvalue weighted by Gasteiger charge is 2.32. The average Bonchev–Trinajstić information content (AvgIpc) is 2.45. The molecule has 1 aliphatic rings. The Morgan fingerprint density at radius 1 is 1.52 bits per heavy atom. The summed E-state index contributed by atoms with van der Waals surface area (Å²) in [7, 11) is -3.59. The van der Waals surface area contributed by atoms with Crippen molar-refractivity contribution in [3.63, 3.8) is 0 Å². The van der Waals surface area contributed by atoms with E-state index in [1.54, 1.807) is 17.8 Å². The van der Waals surface area contributed by atoms with Crippen molar-refractivity contribution >= 4 is 33.4 Å². The van der Waals surface area contributed by atoms with Crippen LogP contribution in [0.2, 0.25) is 5.02 Å². The normalized spacial score (nSPS) is 19.9. The third-order valence-corrected chi connectivity index (χ3v) is 6.82. The standard InChI is InChI=1S/C14H16ClNO3S2/c1-11-10-20-8-6-16(11)21(18,19)14-5-4-12(3-2-7-17)9-13(14)15/h4-5,9,11,17H,6-8,10H2,1H3. The number of thioether (sulfide) groups is 1. The number of hydrogen-bond donors (Lipinski definition) is 1. The summed E-state index contributed by atoms with van der Waals surface area (Å²) in [6.45, 7) is 2.15. The quantitative estimate of drug-likeness (QED) is 0.830. The second kappa shape index (κ2) is 7.03. The van der Waals surface area contributed by atoms with Crippen LogP contribution in [0.4, 0.5) is 0 Å². The molecule has 1 heterocycles. The molecule has 1 atom stereocenters. The van der Waals surface area contributed by atoms with Crippen molar-refractivity contribution in [3.8, 4) is 11.8 Å². The van der Waals surface area contributed by atoms with Gasteiger partial charge in [0.05, 0.1) is 5.02 Å². The van der Waals surface area contributed by atoms with E-state index < -0.39 is 10.0 Å². The van der Waals surface area contributed by atoms with Crippen molar-refractivity contribution in [1.82, 2.24) is 4.31 Å². The van der Waals surface area contributed by atoms with Gasteiger partial charge in [0.1, 0.15) is 11.5 Å². The SMILES string of the molecule is CC1CSCCN1S(=O)(=O)c1ccc(C#CCO)cc1Cl. The van der Waals surface area contributed by atoms with Crippen molar-refractivity contribution < 1.29 is 13.5 Å². The van der Waals surface area contributed by atoms with E-state index in [1.165, 1.54) is 16.4 Å². The van der Waals surface area contributed by atoms with Crippen molar-refractivity contribution in [2.45, 2.75) is 17.9 Å². The Hall–Kier alpha value is -0.710. The Balaban J connectivity index is 2.36. The van der Waals surface area contributed by atoms with Crippen LogP contribution in [0.1, 0.15) is 12.5 Å². The van der Waals surface area contributed by atoms with E-state index in [1.807, 2.05) is 6.92 Å². The molecule has 1 N–H and O–H groups in total. The van der Waals surface area contributed by atoms with Crippen LogP contribution >= 0.6 is 23.4 Å². The highest BCUT2D eigenvalue weighted by atomic mass is 35.5. The lowest BCUT2D eigenvalue weighted by atomic mass is 10.2. The summed E-state index contributed by atoms with van der Waals surface area (Å²) < 4.78 is 26.9. The minimum atomic E-state index is -3.59. The Labute approximate surface area is 134 Å². The van der Waals surface area contributed by atoms with Gasteiger partial charge in [-0.2, -0.15) is 16.1 Å². The first kappa shape index (κ1) is 16.7. The second-order valence-corrected chi connectivity index (χ2v) is 8.06. The van der Waals surface area contributed by atoms with Gasteiger partial charge >= 0.3 is 0 Å². The summed E-state index contributed by atoms with van der Waals surface area (Å²) in [4.78, 5) is 0.109. The van der Waals surface area contributed by atoms with Gasteiger partial charge in [0.25, 0.3) is 0 Å². The van der Waals surface area contributed by atoms with E-state index in [2.05, 4.69) is 11.8 Å².